The number of non-ortho nitro benzene ring substituents is 1. The average Bonchev–Trinajstić information content (AvgIpc) is 2.46. The summed E-state index contributed by atoms with van der Waals surface area (Å²) >= 11 is 6.02. The maximum absolute atomic E-state index is 10.7. The molecule has 5 nitrogen and oxygen atoms in total. The number of nitrogens with one attached hydrogen (secondary N) is 1. The predicted molar refractivity (Wildman–Crippen MR) is 77.8 cm³/mol. The summed E-state index contributed by atoms with van der Waals surface area (Å²) in [6, 6.07) is 8.36. The second kappa shape index (κ2) is 6.98. The third-order valence-corrected chi connectivity index (χ3v) is 3.24. The largest absolute Gasteiger partial charge is 0.312 e. The molecule has 104 valence electrons. The number of halogens is 1. The average molecular weight is 292 g/mol. The van der Waals surface area contributed by atoms with E-state index >= 15 is 0 Å². The van der Waals surface area contributed by atoms with E-state index in [2.05, 4.69) is 10.3 Å². The third-order valence-electron chi connectivity index (χ3n) is 2.87. The molecule has 0 saturated heterocycles. The van der Waals surface area contributed by atoms with Crippen molar-refractivity contribution in [3.63, 3.8) is 0 Å². The number of pyridine rings is 1. The highest BCUT2D eigenvalue weighted by molar-refractivity contribution is 6.31. The first-order valence-electron chi connectivity index (χ1n) is 6.19. The zero-order valence-corrected chi connectivity index (χ0v) is 11.5. The monoisotopic (exact) mass is 291 g/mol. The molecule has 1 heterocycles. The van der Waals surface area contributed by atoms with Crippen LogP contribution in [-0.2, 0) is 13.0 Å². The zero-order chi connectivity index (χ0) is 14.4. The van der Waals surface area contributed by atoms with E-state index in [0.29, 0.717) is 11.6 Å². The Hall–Kier alpha value is -1.98. The van der Waals surface area contributed by atoms with Gasteiger partial charge in [-0.05, 0) is 36.2 Å². The van der Waals surface area contributed by atoms with Crippen LogP contribution < -0.4 is 5.32 Å². The van der Waals surface area contributed by atoms with E-state index in [1.54, 1.807) is 12.3 Å². The van der Waals surface area contributed by atoms with Gasteiger partial charge in [0.1, 0.15) is 0 Å². The molecule has 0 unspecified atom stereocenters. The van der Waals surface area contributed by atoms with Crippen LogP contribution in [0.2, 0.25) is 5.02 Å². The topological polar surface area (TPSA) is 68.1 Å². The smallest absolute Gasteiger partial charge is 0.269 e. The first-order valence-corrected chi connectivity index (χ1v) is 6.57. The number of nitro benzene ring substituents is 1. The molecule has 0 aliphatic rings. The molecule has 0 bridgehead atoms. The van der Waals surface area contributed by atoms with Gasteiger partial charge in [0.2, 0.25) is 0 Å². The summed E-state index contributed by atoms with van der Waals surface area (Å²) < 4.78 is 0. The van der Waals surface area contributed by atoms with Gasteiger partial charge >= 0.3 is 0 Å². The standard InChI is InChI=1S/C14H14ClN3O2/c15-14-4-3-13(18(19)20)8-12(14)10-17-7-5-11-2-1-6-16-9-11/h1-4,6,8-9,17H,5,7,10H2. The number of aromatic nitrogens is 1. The number of hydrogen-bond donors (Lipinski definition) is 1. The highest BCUT2D eigenvalue weighted by atomic mass is 35.5. The zero-order valence-electron chi connectivity index (χ0n) is 10.8. The molecule has 20 heavy (non-hydrogen) atoms. The fraction of sp³-hybridized carbons (Fsp3) is 0.214. The lowest BCUT2D eigenvalue weighted by Crippen LogP contribution is -2.17. The summed E-state index contributed by atoms with van der Waals surface area (Å²) in [5.74, 6) is 0. The highest BCUT2D eigenvalue weighted by Crippen LogP contribution is 2.21. The van der Waals surface area contributed by atoms with Crippen LogP contribution in [0.1, 0.15) is 11.1 Å². The molecular formula is C14H14ClN3O2. The van der Waals surface area contributed by atoms with Gasteiger partial charge < -0.3 is 5.32 Å². The Balaban J connectivity index is 1.88. The Labute approximate surface area is 121 Å². The lowest BCUT2D eigenvalue weighted by molar-refractivity contribution is -0.384. The van der Waals surface area contributed by atoms with Crippen LogP contribution >= 0.6 is 11.6 Å². The van der Waals surface area contributed by atoms with Crippen LogP contribution in [-0.4, -0.2) is 16.5 Å². The molecule has 1 N–H and O–H groups in total. The van der Waals surface area contributed by atoms with Gasteiger partial charge in [0, 0.05) is 36.1 Å². The first-order chi connectivity index (χ1) is 9.66. The Morgan fingerprint density at radius 2 is 2.20 bits per heavy atom. The van der Waals surface area contributed by atoms with Crippen LogP contribution in [0.4, 0.5) is 5.69 Å². The SMILES string of the molecule is O=[N+]([O-])c1ccc(Cl)c(CNCCc2cccnc2)c1. The summed E-state index contributed by atoms with van der Waals surface area (Å²) in [5, 5.41) is 14.5. The Morgan fingerprint density at radius 3 is 2.90 bits per heavy atom. The molecule has 0 aliphatic carbocycles. The minimum absolute atomic E-state index is 0.0541. The van der Waals surface area contributed by atoms with E-state index in [4.69, 9.17) is 11.6 Å². The van der Waals surface area contributed by atoms with E-state index in [9.17, 15) is 10.1 Å². The minimum atomic E-state index is -0.421. The normalized spacial score (nSPS) is 10.4. The summed E-state index contributed by atoms with van der Waals surface area (Å²) in [5.41, 5.74) is 1.93. The quantitative estimate of drug-likeness (QED) is 0.505. The second-order valence-electron chi connectivity index (χ2n) is 4.32. The van der Waals surface area contributed by atoms with Crippen LogP contribution in [0, 0.1) is 10.1 Å². The molecule has 6 heteroatoms. The van der Waals surface area contributed by atoms with Crippen LogP contribution in [0.3, 0.4) is 0 Å². The minimum Gasteiger partial charge on any atom is -0.312 e. The van der Waals surface area contributed by atoms with E-state index in [-0.39, 0.29) is 5.69 Å². The highest BCUT2D eigenvalue weighted by Gasteiger charge is 2.09. The summed E-state index contributed by atoms with van der Waals surface area (Å²) in [7, 11) is 0. The lowest BCUT2D eigenvalue weighted by Gasteiger charge is -2.06. The van der Waals surface area contributed by atoms with Crippen molar-refractivity contribution >= 4 is 17.3 Å². The van der Waals surface area contributed by atoms with Crippen molar-refractivity contribution < 1.29 is 4.92 Å². The van der Waals surface area contributed by atoms with Gasteiger partial charge in [-0.2, -0.15) is 0 Å². The molecule has 0 aliphatic heterocycles. The fourth-order valence-electron chi connectivity index (χ4n) is 1.81. The van der Waals surface area contributed by atoms with Crippen LogP contribution in [0.5, 0.6) is 0 Å². The van der Waals surface area contributed by atoms with Gasteiger partial charge in [-0.3, -0.25) is 15.1 Å². The van der Waals surface area contributed by atoms with E-state index in [1.807, 2.05) is 18.3 Å². The Morgan fingerprint density at radius 1 is 1.35 bits per heavy atom. The molecule has 1 aromatic carbocycles. The van der Waals surface area contributed by atoms with Gasteiger partial charge in [-0.1, -0.05) is 17.7 Å². The van der Waals surface area contributed by atoms with E-state index in [0.717, 1.165) is 24.1 Å². The lowest BCUT2D eigenvalue weighted by atomic mass is 10.2. The van der Waals surface area contributed by atoms with Crippen molar-refractivity contribution in [2.45, 2.75) is 13.0 Å². The Bertz CT molecular complexity index is 590. The summed E-state index contributed by atoms with van der Waals surface area (Å²) in [6.07, 6.45) is 4.40. The third kappa shape index (κ3) is 4.01. The fourth-order valence-corrected chi connectivity index (χ4v) is 2.00. The maximum Gasteiger partial charge on any atom is 0.269 e. The van der Waals surface area contributed by atoms with Gasteiger partial charge in [-0.25, -0.2) is 0 Å². The van der Waals surface area contributed by atoms with Crippen molar-refractivity contribution in [3.8, 4) is 0 Å². The van der Waals surface area contributed by atoms with Crippen LogP contribution in [0.15, 0.2) is 42.7 Å². The van der Waals surface area contributed by atoms with Gasteiger partial charge in [0.15, 0.2) is 0 Å². The van der Waals surface area contributed by atoms with Crippen molar-refractivity contribution in [3.05, 3.63) is 69.0 Å². The number of rotatable bonds is 6. The molecule has 2 rings (SSSR count). The van der Waals surface area contributed by atoms with Crippen LogP contribution in [0.25, 0.3) is 0 Å². The molecular weight excluding hydrogens is 278 g/mol. The van der Waals surface area contributed by atoms with Gasteiger partial charge in [-0.15, -0.1) is 0 Å². The van der Waals surface area contributed by atoms with E-state index < -0.39 is 4.92 Å². The van der Waals surface area contributed by atoms with Crippen molar-refractivity contribution in [2.75, 3.05) is 6.54 Å². The summed E-state index contributed by atoms with van der Waals surface area (Å²) in [6.45, 7) is 1.26. The second-order valence-corrected chi connectivity index (χ2v) is 4.73. The number of nitrogens with zero attached hydrogens (tertiary/aromatic N) is 2. The first kappa shape index (κ1) is 14.4. The number of benzene rings is 1. The van der Waals surface area contributed by atoms with Crippen molar-refractivity contribution in [1.82, 2.24) is 10.3 Å². The molecule has 0 spiro atoms. The number of nitro groups is 1. The van der Waals surface area contributed by atoms with E-state index in [1.165, 1.54) is 12.1 Å². The van der Waals surface area contributed by atoms with Crippen molar-refractivity contribution in [1.29, 1.82) is 0 Å². The Kier molecular flexibility index (Phi) is 5.03. The molecule has 0 radical (unpaired) electrons. The number of hydrogen-bond acceptors (Lipinski definition) is 4. The van der Waals surface area contributed by atoms with Crippen molar-refractivity contribution in [2.24, 2.45) is 0 Å². The van der Waals surface area contributed by atoms with Gasteiger partial charge in [0.25, 0.3) is 5.69 Å². The molecule has 0 saturated carbocycles. The molecule has 2 aromatic rings. The maximum atomic E-state index is 10.7. The van der Waals surface area contributed by atoms with Gasteiger partial charge in [0.05, 0.1) is 4.92 Å². The predicted octanol–water partition coefficient (Wildman–Crippen LogP) is 2.98. The molecule has 0 fully saturated rings. The molecule has 0 atom stereocenters. The summed E-state index contributed by atoms with van der Waals surface area (Å²) in [4.78, 5) is 14.3. The molecule has 1 aromatic heterocycles. The molecule has 0 amide bonds.